The van der Waals surface area contributed by atoms with Crippen molar-refractivity contribution >= 4 is 6.08 Å². The molecule has 100 valence electrons. The Labute approximate surface area is 122 Å². The van der Waals surface area contributed by atoms with Crippen molar-refractivity contribution in [2.75, 3.05) is 0 Å². The molecule has 0 saturated carbocycles. The topological polar surface area (TPSA) is 0 Å². The van der Waals surface area contributed by atoms with Crippen molar-refractivity contribution < 1.29 is 0 Å². The lowest BCUT2D eigenvalue weighted by Gasteiger charge is -2.18. The number of hydrogen-bond acceptors (Lipinski definition) is 0. The van der Waals surface area contributed by atoms with Gasteiger partial charge >= 0.3 is 0 Å². The van der Waals surface area contributed by atoms with Gasteiger partial charge in [-0.3, -0.25) is 0 Å². The largest absolute Gasteiger partial charge is 0.0696 e. The fraction of sp³-hybridized carbons (Fsp3) is 0.200. The Bertz CT molecular complexity index is 626. The van der Waals surface area contributed by atoms with E-state index in [2.05, 4.69) is 69.0 Å². The molecule has 0 aliphatic rings. The van der Waals surface area contributed by atoms with Crippen molar-refractivity contribution in [2.45, 2.75) is 26.2 Å². The summed E-state index contributed by atoms with van der Waals surface area (Å²) in [6.07, 6.45) is 3.92. The van der Waals surface area contributed by atoms with Gasteiger partial charge < -0.3 is 0 Å². The van der Waals surface area contributed by atoms with Gasteiger partial charge in [-0.1, -0.05) is 75.1 Å². The van der Waals surface area contributed by atoms with Gasteiger partial charge in [0.2, 0.25) is 0 Å². The lowest BCUT2D eigenvalue weighted by atomic mass is 9.87. The molecule has 0 amide bonds. The molecule has 0 saturated heterocycles. The van der Waals surface area contributed by atoms with E-state index in [9.17, 15) is 0 Å². The number of rotatable bonds is 1. The van der Waals surface area contributed by atoms with Crippen LogP contribution in [0.2, 0.25) is 0 Å². The molecular formula is C20H20. The minimum atomic E-state index is 0.194. The Kier molecular flexibility index (Phi) is 4.43. The molecule has 0 bridgehead atoms. The van der Waals surface area contributed by atoms with Gasteiger partial charge in [0.15, 0.2) is 0 Å². The molecular weight excluding hydrogens is 240 g/mol. The predicted octanol–water partition coefficient (Wildman–Crippen LogP) is 5.05. The van der Waals surface area contributed by atoms with Crippen LogP contribution >= 0.6 is 0 Å². The highest BCUT2D eigenvalue weighted by Crippen LogP contribution is 2.21. The van der Waals surface area contributed by atoms with Crippen LogP contribution in [0.1, 0.15) is 37.5 Å². The summed E-state index contributed by atoms with van der Waals surface area (Å²) < 4.78 is 0. The fourth-order valence-electron chi connectivity index (χ4n) is 1.88. The van der Waals surface area contributed by atoms with E-state index in [0.717, 1.165) is 5.56 Å². The smallest absolute Gasteiger partial charge is 0.0249 e. The first kappa shape index (κ1) is 14.2. The SMILES string of the molecule is CC(C)(C)c1ccc(C#CC=Cc2ccccc2)cc1. The summed E-state index contributed by atoms with van der Waals surface area (Å²) in [6.45, 7) is 6.66. The van der Waals surface area contributed by atoms with Crippen LogP contribution in [-0.4, -0.2) is 0 Å². The fourth-order valence-corrected chi connectivity index (χ4v) is 1.88. The molecule has 2 rings (SSSR count). The van der Waals surface area contributed by atoms with Crippen molar-refractivity contribution in [3.8, 4) is 11.8 Å². The average Bonchev–Trinajstić information content (AvgIpc) is 2.44. The van der Waals surface area contributed by atoms with Crippen LogP contribution in [0.3, 0.4) is 0 Å². The summed E-state index contributed by atoms with van der Waals surface area (Å²) >= 11 is 0. The number of benzene rings is 2. The Balaban J connectivity index is 2.05. The van der Waals surface area contributed by atoms with Gasteiger partial charge in [-0.2, -0.15) is 0 Å². The lowest BCUT2D eigenvalue weighted by molar-refractivity contribution is 0.590. The molecule has 0 aromatic heterocycles. The predicted molar refractivity (Wildman–Crippen MR) is 87.5 cm³/mol. The second kappa shape index (κ2) is 6.26. The summed E-state index contributed by atoms with van der Waals surface area (Å²) in [5.41, 5.74) is 3.75. The maximum Gasteiger partial charge on any atom is 0.0249 e. The van der Waals surface area contributed by atoms with Gasteiger partial charge in [0, 0.05) is 5.56 Å². The Hall–Kier alpha value is -2.26. The first-order valence-corrected chi connectivity index (χ1v) is 6.89. The molecule has 0 aliphatic heterocycles. The van der Waals surface area contributed by atoms with Gasteiger partial charge in [-0.05, 0) is 40.8 Å². The van der Waals surface area contributed by atoms with Crippen molar-refractivity contribution in [1.29, 1.82) is 0 Å². The van der Waals surface area contributed by atoms with E-state index in [1.54, 1.807) is 0 Å². The van der Waals surface area contributed by atoms with Gasteiger partial charge in [0.1, 0.15) is 0 Å². The van der Waals surface area contributed by atoms with Crippen LogP contribution in [0.4, 0.5) is 0 Å². The molecule has 0 N–H and O–H groups in total. The highest BCUT2D eigenvalue weighted by Gasteiger charge is 2.12. The first-order chi connectivity index (χ1) is 9.55. The lowest BCUT2D eigenvalue weighted by Crippen LogP contribution is -2.10. The Morgan fingerprint density at radius 1 is 0.850 bits per heavy atom. The third-order valence-corrected chi connectivity index (χ3v) is 3.13. The maximum absolute atomic E-state index is 3.16. The van der Waals surface area contributed by atoms with Gasteiger partial charge in [0.05, 0.1) is 0 Å². The molecule has 0 heterocycles. The van der Waals surface area contributed by atoms with E-state index in [4.69, 9.17) is 0 Å². The van der Waals surface area contributed by atoms with E-state index >= 15 is 0 Å². The van der Waals surface area contributed by atoms with Crippen molar-refractivity contribution in [2.24, 2.45) is 0 Å². The monoisotopic (exact) mass is 260 g/mol. The summed E-state index contributed by atoms with van der Waals surface area (Å²) in [6, 6.07) is 18.7. The standard InChI is InChI=1S/C20H20/c1-20(2,3)19-15-13-18(14-16-19)12-8-7-11-17-9-5-4-6-10-17/h4-7,9-11,13-16H,1-3H3. The summed E-state index contributed by atoms with van der Waals surface area (Å²) in [7, 11) is 0. The molecule has 0 nitrogen and oxygen atoms in total. The van der Waals surface area contributed by atoms with Gasteiger partial charge in [-0.15, -0.1) is 0 Å². The van der Waals surface area contributed by atoms with Crippen molar-refractivity contribution in [3.05, 3.63) is 77.4 Å². The van der Waals surface area contributed by atoms with E-state index in [1.807, 2.05) is 30.4 Å². The molecule has 2 aromatic carbocycles. The Morgan fingerprint density at radius 2 is 1.50 bits per heavy atom. The summed E-state index contributed by atoms with van der Waals surface area (Å²) in [4.78, 5) is 0. The minimum absolute atomic E-state index is 0.194. The van der Waals surface area contributed by atoms with E-state index in [-0.39, 0.29) is 5.41 Å². The molecule has 2 aromatic rings. The van der Waals surface area contributed by atoms with E-state index in [0.29, 0.717) is 0 Å². The molecule has 0 radical (unpaired) electrons. The van der Waals surface area contributed by atoms with E-state index in [1.165, 1.54) is 11.1 Å². The Morgan fingerprint density at radius 3 is 2.10 bits per heavy atom. The normalized spacial score (nSPS) is 11.2. The van der Waals surface area contributed by atoms with Gasteiger partial charge in [-0.25, -0.2) is 0 Å². The third kappa shape index (κ3) is 4.14. The third-order valence-electron chi connectivity index (χ3n) is 3.13. The van der Waals surface area contributed by atoms with Crippen LogP contribution in [0.25, 0.3) is 6.08 Å². The molecule has 0 spiro atoms. The molecule has 0 fully saturated rings. The number of hydrogen-bond donors (Lipinski definition) is 0. The van der Waals surface area contributed by atoms with Gasteiger partial charge in [0.25, 0.3) is 0 Å². The molecule has 0 unspecified atom stereocenters. The number of allylic oxidation sites excluding steroid dienone is 1. The first-order valence-electron chi connectivity index (χ1n) is 6.89. The summed E-state index contributed by atoms with van der Waals surface area (Å²) in [5.74, 6) is 6.23. The zero-order chi connectivity index (χ0) is 14.4. The maximum atomic E-state index is 3.16. The molecule has 0 heteroatoms. The van der Waals surface area contributed by atoms with E-state index < -0.39 is 0 Å². The molecule has 0 aliphatic carbocycles. The second-order valence-electron chi connectivity index (χ2n) is 5.84. The molecule has 0 atom stereocenters. The zero-order valence-corrected chi connectivity index (χ0v) is 12.4. The quantitative estimate of drug-likeness (QED) is 0.629. The molecule has 20 heavy (non-hydrogen) atoms. The highest BCUT2D eigenvalue weighted by atomic mass is 14.2. The van der Waals surface area contributed by atoms with Crippen molar-refractivity contribution in [3.63, 3.8) is 0 Å². The average molecular weight is 260 g/mol. The van der Waals surface area contributed by atoms with Crippen LogP contribution in [0, 0.1) is 11.8 Å². The second-order valence-corrected chi connectivity index (χ2v) is 5.84. The zero-order valence-electron chi connectivity index (χ0n) is 12.4. The minimum Gasteiger partial charge on any atom is -0.0696 e. The summed E-state index contributed by atoms with van der Waals surface area (Å²) in [5, 5.41) is 0. The van der Waals surface area contributed by atoms with Crippen LogP contribution < -0.4 is 0 Å². The van der Waals surface area contributed by atoms with Crippen molar-refractivity contribution in [1.82, 2.24) is 0 Å². The van der Waals surface area contributed by atoms with Crippen LogP contribution in [-0.2, 0) is 5.41 Å². The highest BCUT2D eigenvalue weighted by molar-refractivity contribution is 5.53. The van der Waals surface area contributed by atoms with Crippen LogP contribution in [0.15, 0.2) is 60.7 Å². The van der Waals surface area contributed by atoms with Crippen LogP contribution in [0.5, 0.6) is 0 Å².